The van der Waals surface area contributed by atoms with Gasteiger partial charge in [-0.3, -0.25) is 4.98 Å². The van der Waals surface area contributed by atoms with Gasteiger partial charge in [0.05, 0.1) is 22.0 Å². The maximum atomic E-state index is 5.85. The maximum absolute atomic E-state index is 5.85. The number of hydrogen-bond donors (Lipinski definition) is 0. The van der Waals surface area contributed by atoms with Crippen LogP contribution in [0.1, 0.15) is 57.0 Å². The highest BCUT2D eigenvalue weighted by Crippen LogP contribution is 2.35. The monoisotopic (exact) mass is 420 g/mol. The third-order valence-corrected chi connectivity index (χ3v) is 7.05. The van der Waals surface area contributed by atoms with Gasteiger partial charge in [0.25, 0.3) is 0 Å². The fourth-order valence-electron chi connectivity index (χ4n) is 3.55. The van der Waals surface area contributed by atoms with Gasteiger partial charge in [-0.2, -0.15) is 0 Å². The molecule has 0 N–H and O–H groups in total. The molecule has 0 fully saturated rings. The Labute approximate surface area is 182 Å². The molecule has 0 saturated carbocycles. The standard InChI is InChI=1S/C24H28N4OS/c1-5-15(2)17(4)29-28-20-10-6-8-18-11-12-21(27-22(18)20)23-16(3)26-24(30-23)19-9-7-13-25-14-19/h7,9,11-15,17H,5-6,8,10H2,1-4H3. The molecule has 1 aliphatic carbocycles. The van der Waals surface area contributed by atoms with Gasteiger partial charge in [-0.25, -0.2) is 9.97 Å². The zero-order chi connectivity index (χ0) is 21.1. The van der Waals surface area contributed by atoms with E-state index in [2.05, 4.69) is 43.0 Å². The number of rotatable bonds is 6. The third kappa shape index (κ3) is 4.29. The summed E-state index contributed by atoms with van der Waals surface area (Å²) in [4.78, 5) is 20.9. The fraction of sp³-hybridized carbons (Fsp3) is 0.417. The van der Waals surface area contributed by atoms with Crippen molar-refractivity contribution in [1.82, 2.24) is 15.0 Å². The molecule has 3 heterocycles. The second kappa shape index (κ2) is 9.04. The molecule has 0 bridgehead atoms. The Morgan fingerprint density at radius 3 is 2.80 bits per heavy atom. The minimum absolute atomic E-state index is 0.0989. The highest BCUT2D eigenvalue weighted by Gasteiger charge is 2.21. The van der Waals surface area contributed by atoms with Crippen molar-refractivity contribution in [3.8, 4) is 21.1 Å². The van der Waals surface area contributed by atoms with Crippen LogP contribution in [0, 0.1) is 12.8 Å². The van der Waals surface area contributed by atoms with Gasteiger partial charge in [0.15, 0.2) is 0 Å². The number of oxime groups is 1. The number of fused-ring (bicyclic) bond motifs is 1. The molecule has 0 saturated heterocycles. The average Bonchev–Trinajstić information content (AvgIpc) is 3.18. The van der Waals surface area contributed by atoms with Crippen LogP contribution in [0.15, 0.2) is 41.8 Å². The third-order valence-electron chi connectivity index (χ3n) is 5.82. The first-order valence-electron chi connectivity index (χ1n) is 10.7. The van der Waals surface area contributed by atoms with Gasteiger partial charge < -0.3 is 4.84 Å². The van der Waals surface area contributed by atoms with E-state index in [0.717, 1.165) is 63.9 Å². The van der Waals surface area contributed by atoms with E-state index in [1.165, 1.54) is 5.56 Å². The summed E-state index contributed by atoms with van der Waals surface area (Å²) in [7, 11) is 0. The molecule has 0 spiro atoms. The normalized spacial score (nSPS) is 16.9. The van der Waals surface area contributed by atoms with Crippen molar-refractivity contribution in [2.75, 3.05) is 0 Å². The van der Waals surface area contributed by atoms with E-state index < -0.39 is 0 Å². The van der Waals surface area contributed by atoms with Gasteiger partial charge in [-0.15, -0.1) is 11.3 Å². The van der Waals surface area contributed by atoms with Gasteiger partial charge in [-0.1, -0.05) is 25.1 Å². The SMILES string of the molecule is CCC(C)C(C)ON=C1CCCc2ccc(-c3sc(-c4cccnc4)nc3C)nc21. The molecule has 1 aliphatic rings. The highest BCUT2D eigenvalue weighted by molar-refractivity contribution is 7.18. The molecule has 5 nitrogen and oxygen atoms in total. The average molecular weight is 421 g/mol. The summed E-state index contributed by atoms with van der Waals surface area (Å²) < 4.78 is 0. The summed E-state index contributed by atoms with van der Waals surface area (Å²) in [5.74, 6) is 0.474. The molecule has 30 heavy (non-hydrogen) atoms. The van der Waals surface area contributed by atoms with Crippen LogP contribution in [0.4, 0.5) is 0 Å². The van der Waals surface area contributed by atoms with E-state index in [0.29, 0.717) is 5.92 Å². The molecule has 0 radical (unpaired) electrons. The van der Waals surface area contributed by atoms with Crippen LogP contribution in [-0.2, 0) is 11.3 Å². The second-order valence-electron chi connectivity index (χ2n) is 7.97. The van der Waals surface area contributed by atoms with Crippen molar-refractivity contribution in [1.29, 1.82) is 0 Å². The van der Waals surface area contributed by atoms with Crippen molar-refractivity contribution in [2.45, 2.75) is 59.5 Å². The van der Waals surface area contributed by atoms with Gasteiger partial charge >= 0.3 is 0 Å². The lowest BCUT2D eigenvalue weighted by molar-refractivity contribution is 0.0333. The largest absolute Gasteiger partial charge is 0.392 e. The van der Waals surface area contributed by atoms with Crippen LogP contribution in [0.25, 0.3) is 21.1 Å². The molecule has 4 rings (SSSR count). The number of aromatic nitrogens is 3. The second-order valence-corrected chi connectivity index (χ2v) is 8.97. The molecule has 156 valence electrons. The minimum atomic E-state index is 0.0989. The maximum Gasteiger partial charge on any atom is 0.127 e. The van der Waals surface area contributed by atoms with Crippen LogP contribution in [-0.4, -0.2) is 26.8 Å². The van der Waals surface area contributed by atoms with Crippen LogP contribution in [0.3, 0.4) is 0 Å². The molecule has 3 aromatic heterocycles. The Morgan fingerprint density at radius 2 is 2.03 bits per heavy atom. The molecular weight excluding hydrogens is 392 g/mol. The zero-order valence-electron chi connectivity index (χ0n) is 18.1. The molecule has 0 aliphatic heterocycles. The Morgan fingerprint density at radius 1 is 1.17 bits per heavy atom. The number of hydrogen-bond acceptors (Lipinski definition) is 6. The van der Waals surface area contributed by atoms with Gasteiger partial charge in [0.2, 0.25) is 0 Å². The summed E-state index contributed by atoms with van der Waals surface area (Å²) in [6.07, 6.45) is 7.82. The lowest BCUT2D eigenvalue weighted by Gasteiger charge is -2.20. The predicted octanol–water partition coefficient (Wildman–Crippen LogP) is 6.07. The zero-order valence-corrected chi connectivity index (χ0v) is 18.9. The van der Waals surface area contributed by atoms with Crippen molar-refractivity contribution >= 4 is 17.0 Å². The van der Waals surface area contributed by atoms with Crippen LogP contribution in [0.2, 0.25) is 0 Å². The number of pyridine rings is 2. The van der Waals surface area contributed by atoms with E-state index in [-0.39, 0.29) is 6.10 Å². The lowest BCUT2D eigenvalue weighted by Crippen LogP contribution is -2.19. The molecule has 0 amide bonds. The Bertz CT molecular complexity index is 1040. The van der Waals surface area contributed by atoms with Gasteiger partial charge in [0, 0.05) is 18.0 Å². The molecule has 6 heteroatoms. The first-order valence-corrected chi connectivity index (χ1v) is 11.5. The minimum Gasteiger partial charge on any atom is -0.392 e. The Kier molecular flexibility index (Phi) is 6.23. The van der Waals surface area contributed by atoms with Crippen molar-refractivity contribution in [2.24, 2.45) is 11.1 Å². The number of aryl methyl sites for hydroxylation is 2. The Hall–Kier alpha value is -2.60. The smallest absolute Gasteiger partial charge is 0.127 e. The fourth-order valence-corrected chi connectivity index (χ4v) is 4.58. The summed E-state index contributed by atoms with van der Waals surface area (Å²) >= 11 is 1.66. The summed E-state index contributed by atoms with van der Waals surface area (Å²) in [6.45, 7) is 8.51. The van der Waals surface area contributed by atoms with Crippen LogP contribution >= 0.6 is 11.3 Å². The van der Waals surface area contributed by atoms with E-state index in [1.807, 2.05) is 25.3 Å². The van der Waals surface area contributed by atoms with Crippen molar-refractivity contribution in [3.05, 3.63) is 53.6 Å². The van der Waals surface area contributed by atoms with Crippen LogP contribution in [0.5, 0.6) is 0 Å². The summed E-state index contributed by atoms with van der Waals surface area (Å²) in [6, 6.07) is 8.27. The number of nitrogens with zero attached hydrogens (tertiary/aromatic N) is 4. The van der Waals surface area contributed by atoms with Crippen molar-refractivity contribution in [3.63, 3.8) is 0 Å². The summed E-state index contributed by atoms with van der Waals surface area (Å²) in [5.41, 5.74) is 6.15. The number of thiazole rings is 1. The Balaban J connectivity index is 1.66. The van der Waals surface area contributed by atoms with Crippen molar-refractivity contribution < 1.29 is 4.84 Å². The van der Waals surface area contributed by atoms with E-state index in [4.69, 9.17) is 14.8 Å². The topological polar surface area (TPSA) is 60.3 Å². The molecular formula is C24H28N4OS. The van der Waals surface area contributed by atoms with Gasteiger partial charge in [-0.05, 0) is 69.2 Å². The molecule has 2 unspecified atom stereocenters. The van der Waals surface area contributed by atoms with Crippen LogP contribution < -0.4 is 0 Å². The van der Waals surface area contributed by atoms with E-state index in [1.54, 1.807) is 17.5 Å². The first kappa shape index (κ1) is 20.7. The van der Waals surface area contributed by atoms with E-state index in [9.17, 15) is 0 Å². The molecule has 2 atom stereocenters. The molecule has 0 aromatic carbocycles. The molecule has 3 aromatic rings. The van der Waals surface area contributed by atoms with E-state index >= 15 is 0 Å². The lowest BCUT2D eigenvalue weighted by atomic mass is 9.94. The quantitative estimate of drug-likeness (QED) is 0.454. The first-order chi connectivity index (χ1) is 14.6. The highest BCUT2D eigenvalue weighted by atomic mass is 32.1. The van der Waals surface area contributed by atoms with Gasteiger partial charge in [0.1, 0.15) is 16.8 Å². The summed E-state index contributed by atoms with van der Waals surface area (Å²) in [5, 5.41) is 5.50. The predicted molar refractivity (Wildman–Crippen MR) is 123 cm³/mol.